The third-order valence-corrected chi connectivity index (χ3v) is 3.57. The van der Waals surface area contributed by atoms with Gasteiger partial charge in [0.15, 0.2) is 5.96 Å². The Kier molecular flexibility index (Phi) is 5.44. The first-order chi connectivity index (χ1) is 8.06. The van der Waals surface area contributed by atoms with Crippen LogP contribution in [0.3, 0.4) is 0 Å². The average Bonchev–Trinajstić information content (AvgIpc) is 2.81. The van der Waals surface area contributed by atoms with Crippen molar-refractivity contribution in [1.82, 2.24) is 5.32 Å². The molecular weight excluding hydrogens is 234 g/mol. The van der Waals surface area contributed by atoms with Crippen molar-refractivity contribution in [3.63, 3.8) is 0 Å². The molecule has 0 aliphatic heterocycles. The predicted octanol–water partition coefficient (Wildman–Crippen LogP) is 1.66. The van der Waals surface area contributed by atoms with Gasteiger partial charge in [0.25, 0.3) is 0 Å². The van der Waals surface area contributed by atoms with Gasteiger partial charge in [0.1, 0.15) is 5.60 Å². The number of guanidine groups is 1. The van der Waals surface area contributed by atoms with Crippen LogP contribution in [0.2, 0.25) is 0 Å². The molecule has 17 heavy (non-hydrogen) atoms. The van der Waals surface area contributed by atoms with Crippen LogP contribution in [0, 0.1) is 0 Å². The van der Waals surface area contributed by atoms with Crippen molar-refractivity contribution in [3.8, 4) is 0 Å². The number of nitrogens with zero attached hydrogens (tertiary/aromatic N) is 1. The molecule has 0 spiro atoms. The van der Waals surface area contributed by atoms with Gasteiger partial charge >= 0.3 is 0 Å². The molecule has 1 aromatic heterocycles. The Bertz CT molecular complexity index is 347. The molecule has 0 aromatic carbocycles. The minimum Gasteiger partial charge on any atom is -0.383 e. The highest BCUT2D eigenvalue weighted by molar-refractivity contribution is 7.10. The van der Waals surface area contributed by atoms with Crippen molar-refractivity contribution in [1.29, 1.82) is 0 Å². The zero-order valence-corrected chi connectivity index (χ0v) is 11.3. The van der Waals surface area contributed by atoms with E-state index in [0.29, 0.717) is 5.96 Å². The Hall–Kier alpha value is -1.07. The fraction of sp³-hybridized carbons (Fsp3) is 0.583. The van der Waals surface area contributed by atoms with E-state index in [1.54, 1.807) is 6.92 Å². The van der Waals surface area contributed by atoms with Crippen LogP contribution in [-0.2, 0) is 5.60 Å². The largest absolute Gasteiger partial charge is 0.383 e. The second-order valence-corrected chi connectivity index (χ2v) is 5.18. The van der Waals surface area contributed by atoms with Gasteiger partial charge in [-0.2, -0.15) is 0 Å². The second kappa shape index (κ2) is 6.61. The molecule has 96 valence electrons. The first kappa shape index (κ1) is 14.0. The van der Waals surface area contributed by atoms with E-state index in [-0.39, 0.29) is 6.54 Å². The first-order valence-electron chi connectivity index (χ1n) is 5.86. The molecule has 0 saturated carbocycles. The number of nitrogens with one attached hydrogen (secondary N) is 1. The molecule has 4 N–H and O–H groups in total. The van der Waals surface area contributed by atoms with Crippen molar-refractivity contribution in [2.75, 3.05) is 13.1 Å². The van der Waals surface area contributed by atoms with Crippen LogP contribution in [0.1, 0.15) is 31.6 Å². The Balaban J connectivity index is 2.45. The fourth-order valence-electron chi connectivity index (χ4n) is 1.35. The van der Waals surface area contributed by atoms with Crippen LogP contribution < -0.4 is 11.1 Å². The summed E-state index contributed by atoms with van der Waals surface area (Å²) in [6, 6.07) is 3.82. The lowest BCUT2D eigenvalue weighted by Crippen LogP contribution is -2.34. The van der Waals surface area contributed by atoms with E-state index in [2.05, 4.69) is 17.2 Å². The molecule has 0 aliphatic rings. The molecule has 1 atom stereocenters. The van der Waals surface area contributed by atoms with E-state index >= 15 is 0 Å². The van der Waals surface area contributed by atoms with Crippen LogP contribution in [0.4, 0.5) is 0 Å². The molecular formula is C12H21N3OS. The summed E-state index contributed by atoms with van der Waals surface area (Å²) in [6.45, 7) is 4.98. The number of aliphatic hydroxyl groups is 1. The molecule has 1 rings (SSSR count). The Morgan fingerprint density at radius 2 is 2.41 bits per heavy atom. The minimum absolute atomic E-state index is 0.276. The monoisotopic (exact) mass is 255 g/mol. The van der Waals surface area contributed by atoms with E-state index < -0.39 is 5.60 Å². The molecule has 0 saturated heterocycles. The predicted molar refractivity (Wildman–Crippen MR) is 73.3 cm³/mol. The van der Waals surface area contributed by atoms with Gasteiger partial charge in [-0.15, -0.1) is 11.3 Å². The lowest BCUT2D eigenvalue weighted by atomic mass is 10.1. The quantitative estimate of drug-likeness (QED) is 0.411. The van der Waals surface area contributed by atoms with Crippen LogP contribution >= 0.6 is 11.3 Å². The van der Waals surface area contributed by atoms with E-state index in [4.69, 9.17) is 5.73 Å². The number of hydrogen-bond acceptors (Lipinski definition) is 3. The summed E-state index contributed by atoms with van der Waals surface area (Å²) in [6.07, 6.45) is 2.19. The van der Waals surface area contributed by atoms with Gasteiger partial charge in [-0.05, 0) is 24.8 Å². The summed E-state index contributed by atoms with van der Waals surface area (Å²) in [5.74, 6) is 0.398. The van der Waals surface area contributed by atoms with Gasteiger partial charge in [-0.1, -0.05) is 19.4 Å². The zero-order chi connectivity index (χ0) is 12.7. The SMILES string of the molecule is CCCCNC(N)=NCC(C)(O)c1cccs1. The number of thiophene rings is 1. The van der Waals surface area contributed by atoms with Gasteiger partial charge in [0.05, 0.1) is 6.54 Å². The summed E-state index contributed by atoms with van der Waals surface area (Å²) < 4.78 is 0. The van der Waals surface area contributed by atoms with Gasteiger partial charge in [-0.25, -0.2) is 0 Å². The van der Waals surface area contributed by atoms with E-state index in [1.807, 2.05) is 17.5 Å². The average molecular weight is 255 g/mol. The standard InChI is InChI=1S/C12H21N3OS/c1-3-4-7-14-11(13)15-9-12(2,16)10-6-5-8-17-10/h5-6,8,16H,3-4,7,9H2,1-2H3,(H3,13,14,15). The van der Waals surface area contributed by atoms with E-state index in [0.717, 1.165) is 24.3 Å². The molecule has 0 bridgehead atoms. The highest BCUT2D eigenvalue weighted by atomic mass is 32.1. The number of aliphatic imine (C=N–C) groups is 1. The van der Waals surface area contributed by atoms with E-state index in [9.17, 15) is 5.11 Å². The van der Waals surface area contributed by atoms with Crippen LogP contribution in [-0.4, -0.2) is 24.2 Å². The molecule has 1 heterocycles. The van der Waals surface area contributed by atoms with Crippen molar-refractivity contribution in [3.05, 3.63) is 22.4 Å². The Morgan fingerprint density at radius 1 is 1.65 bits per heavy atom. The summed E-state index contributed by atoms with van der Waals surface area (Å²) in [5, 5.41) is 15.2. The minimum atomic E-state index is -0.939. The van der Waals surface area contributed by atoms with Crippen LogP contribution in [0.15, 0.2) is 22.5 Å². The number of nitrogens with two attached hydrogens (primary N) is 1. The maximum absolute atomic E-state index is 10.2. The normalized spacial score (nSPS) is 15.6. The third-order valence-electron chi connectivity index (χ3n) is 2.45. The molecule has 4 nitrogen and oxygen atoms in total. The smallest absolute Gasteiger partial charge is 0.188 e. The number of rotatable bonds is 6. The molecule has 0 radical (unpaired) electrons. The van der Waals surface area contributed by atoms with Gasteiger partial charge in [-0.3, -0.25) is 4.99 Å². The van der Waals surface area contributed by atoms with Crippen molar-refractivity contribution >= 4 is 17.3 Å². The summed E-state index contributed by atoms with van der Waals surface area (Å²) >= 11 is 1.52. The van der Waals surface area contributed by atoms with E-state index in [1.165, 1.54) is 11.3 Å². The Labute approximate surface area is 107 Å². The maximum atomic E-state index is 10.2. The van der Waals surface area contributed by atoms with Crippen molar-refractivity contribution < 1.29 is 5.11 Å². The Morgan fingerprint density at radius 3 is 3.00 bits per heavy atom. The second-order valence-electron chi connectivity index (χ2n) is 4.23. The van der Waals surface area contributed by atoms with Crippen molar-refractivity contribution in [2.24, 2.45) is 10.7 Å². The molecule has 1 aromatic rings. The lowest BCUT2D eigenvalue weighted by molar-refractivity contribution is 0.0712. The lowest BCUT2D eigenvalue weighted by Gasteiger charge is -2.19. The third kappa shape index (κ3) is 4.75. The molecule has 0 amide bonds. The number of hydrogen-bond donors (Lipinski definition) is 3. The zero-order valence-electron chi connectivity index (χ0n) is 10.4. The van der Waals surface area contributed by atoms with Crippen LogP contribution in [0.25, 0.3) is 0 Å². The maximum Gasteiger partial charge on any atom is 0.188 e. The summed E-state index contributed by atoms with van der Waals surface area (Å²) in [5.41, 5.74) is 4.77. The molecule has 1 unspecified atom stereocenters. The van der Waals surface area contributed by atoms with Gasteiger partial charge < -0.3 is 16.2 Å². The highest BCUT2D eigenvalue weighted by Gasteiger charge is 2.23. The van der Waals surface area contributed by atoms with Gasteiger partial charge in [0, 0.05) is 11.4 Å². The molecule has 0 aliphatic carbocycles. The van der Waals surface area contributed by atoms with Crippen LogP contribution in [0.5, 0.6) is 0 Å². The fourth-order valence-corrected chi connectivity index (χ4v) is 2.13. The van der Waals surface area contributed by atoms with Crippen molar-refractivity contribution in [2.45, 2.75) is 32.3 Å². The molecule has 5 heteroatoms. The first-order valence-corrected chi connectivity index (χ1v) is 6.74. The topological polar surface area (TPSA) is 70.6 Å². The van der Waals surface area contributed by atoms with Gasteiger partial charge in [0.2, 0.25) is 0 Å². The highest BCUT2D eigenvalue weighted by Crippen LogP contribution is 2.25. The summed E-state index contributed by atoms with van der Waals surface area (Å²) in [4.78, 5) is 5.07. The summed E-state index contributed by atoms with van der Waals surface area (Å²) in [7, 11) is 0. The molecule has 0 fully saturated rings. The number of unbranched alkanes of at least 4 members (excludes halogenated alkanes) is 1.